The molecule has 0 saturated heterocycles. The van der Waals surface area contributed by atoms with E-state index < -0.39 is 0 Å². The number of hydrogen-bond acceptors (Lipinski definition) is 22. The van der Waals surface area contributed by atoms with Crippen LogP contribution in [-0.4, -0.2) is 272 Å². The number of rotatable bonds is 60. The molecule has 0 fully saturated rings. The maximum atomic E-state index is 8.81. The van der Waals surface area contributed by atoms with Gasteiger partial charge in [-0.1, -0.05) is 109 Å². The van der Waals surface area contributed by atoms with Gasteiger partial charge in [0, 0.05) is 63.2 Å². The Morgan fingerprint density at radius 2 is 0.472 bits per heavy atom. The van der Waals surface area contributed by atoms with Gasteiger partial charge in [-0.15, -0.1) is 0 Å². The summed E-state index contributed by atoms with van der Waals surface area (Å²) in [7, 11) is 2.25. The monoisotopic (exact) mass is 1380 g/mol. The summed E-state index contributed by atoms with van der Waals surface area (Å²) in [4.78, 5) is 0. The van der Waals surface area contributed by atoms with E-state index in [-0.39, 0.29) is 45.7 Å². The van der Waals surface area contributed by atoms with Crippen LogP contribution >= 0.6 is 0 Å². The van der Waals surface area contributed by atoms with Crippen LogP contribution in [-0.2, 0) is 137 Å². The van der Waals surface area contributed by atoms with E-state index in [9.17, 15) is 0 Å². The molecule has 0 spiro atoms. The van der Waals surface area contributed by atoms with Gasteiger partial charge >= 0.3 is 56.0 Å². The summed E-state index contributed by atoms with van der Waals surface area (Å²) < 4.78 is 148. The third kappa shape index (κ3) is 175. The number of hydrogen-bond donors (Lipinski definition) is 0. The predicted octanol–water partition coefficient (Wildman–Crippen LogP) is 10.7. The molecule has 0 aliphatic carbocycles. The summed E-state index contributed by atoms with van der Waals surface area (Å²) in [5, 5.41) is 0. The summed E-state index contributed by atoms with van der Waals surface area (Å²) >= 11 is 0. The summed E-state index contributed by atoms with van der Waals surface area (Å²) in [5.74, 6) is 0. The quantitative estimate of drug-likeness (QED) is 0.0313. The molecule has 0 amide bonds. The molecule has 0 aliphatic heterocycles. The predicted molar refractivity (Wildman–Crippen MR) is 359 cm³/mol. The SMILES string of the molecule is CB=O.CB=O.CB=O.CC.CC.CCCCOCCOCCOCCOCCOCCOCCC.[2H]CC.[2H]CC(C)OCCOCCOCCOCCOCCOCCOCCCC.[2H]CCC.[CH2-]COCCOCCOCCOCCOCCOCCC.[Y]. The molecule has 0 aromatic rings. The van der Waals surface area contributed by atoms with Crippen molar-refractivity contribution < 1.29 is 141 Å². The molecule has 0 heterocycles. The minimum atomic E-state index is -0.0339. The summed E-state index contributed by atoms with van der Waals surface area (Å²) in [6.45, 7) is 53.7. The van der Waals surface area contributed by atoms with Gasteiger partial charge in [0.2, 0.25) is 0 Å². The Balaban J connectivity index is -0.000000103. The van der Waals surface area contributed by atoms with Crippen molar-refractivity contribution in [3.63, 3.8) is 0 Å². The second kappa shape index (κ2) is 140. The van der Waals surface area contributed by atoms with E-state index in [2.05, 4.69) is 34.6 Å². The van der Waals surface area contributed by atoms with Gasteiger partial charge < -0.3 is 96.9 Å². The molecule has 0 aliphatic rings. The van der Waals surface area contributed by atoms with Crippen molar-refractivity contribution in [3.05, 3.63) is 6.92 Å². The van der Waals surface area contributed by atoms with Crippen LogP contribution in [0.4, 0.5) is 0 Å². The first kappa shape index (κ1) is 105. The molecule has 539 valence electrons. The van der Waals surface area contributed by atoms with Crippen LogP contribution in [0.5, 0.6) is 0 Å². The van der Waals surface area contributed by atoms with Crippen molar-refractivity contribution in [2.45, 2.75) is 168 Å². The molecule has 1 unspecified atom stereocenters. The first-order valence-electron chi connectivity index (χ1n) is 34.7. The fraction of sp³-hybridized carbons (Fsp3) is 0.984. The van der Waals surface area contributed by atoms with Gasteiger partial charge in [0.25, 0.3) is 0 Å². The molecule has 22 nitrogen and oxygen atoms in total. The molecule has 1 radical (unpaired) electrons. The molecule has 0 rings (SSSR count). The summed E-state index contributed by atoms with van der Waals surface area (Å²) in [6, 6.07) is 0. The fourth-order valence-corrected chi connectivity index (χ4v) is 4.69. The van der Waals surface area contributed by atoms with Crippen LogP contribution < -0.4 is 0 Å². The third-order valence-corrected chi connectivity index (χ3v) is 8.34. The average Bonchev–Trinajstić information content (AvgIpc) is 3.59. The molecular weight excluding hydrogens is 1230 g/mol. The van der Waals surface area contributed by atoms with Gasteiger partial charge in [-0.2, -0.15) is 0 Å². The molecule has 0 saturated carbocycles. The minimum absolute atomic E-state index is 0. The van der Waals surface area contributed by atoms with Crippen molar-refractivity contribution in [3.8, 4) is 0 Å². The van der Waals surface area contributed by atoms with Crippen LogP contribution in [0.3, 0.4) is 0 Å². The van der Waals surface area contributed by atoms with E-state index in [1.165, 1.54) is 20.5 Å². The second-order valence-corrected chi connectivity index (χ2v) is 16.1. The standard InChI is InChI=1S/C19H40O7.C17H36O6.C15H31O6.C3H8.3C2H6.3CH3BO.Y/c1-4-5-6-20-7-8-21-9-10-22-11-12-23-13-14-24-15-16-25-17-18-26-19(2)3;1-3-5-7-19-9-11-21-13-15-23-17-16-22-14-12-20-10-8-18-6-4-2;1-3-5-17-8-9-19-12-13-21-15-14-20-11-10-18-7-6-16-4-2;1-3-2;3*1-2;3*1-2-3;/h19H,4-18H2,1-3H3;3-17H2,1-2H3;2-15H2,1H3;3H2,1-2H3;3*1-2H3;3*1H3;/q;;-1;;;;;;;;/i2D;;;2*1D;;;;;;. The first-order valence-corrected chi connectivity index (χ1v) is 32.6. The van der Waals surface area contributed by atoms with E-state index in [0.29, 0.717) is 232 Å². The maximum Gasteiger partial charge on any atom is 0.0703 e. The first-order chi connectivity index (χ1) is 44.7. The normalized spacial score (nSPS) is 10.3. The van der Waals surface area contributed by atoms with E-state index in [4.69, 9.17) is 108 Å². The molecule has 0 N–H and O–H groups in total. The molecule has 89 heavy (non-hydrogen) atoms. The molecule has 26 heteroatoms. The van der Waals surface area contributed by atoms with Gasteiger partial charge in [-0.3, -0.25) is 0 Å². The zero-order valence-electron chi connectivity index (χ0n) is 62.8. The Morgan fingerprint density at radius 1 is 0.315 bits per heavy atom. The van der Waals surface area contributed by atoms with Crippen molar-refractivity contribution >= 4 is 21.4 Å². The maximum absolute atomic E-state index is 8.81. The Hall–Kier alpha value is -0.0613. The minimum Gasteiger partial charge on any atom is -0.411 e. The van der Waals surface area contributed by atoms with Gasteiger partial charge in [-0.05, 0) is 39.5 Å². The van der Waals surface area contributed by atoms with Crippen LogP contribution in [0, 0.1) is 6.92 Å². The Morgan fingerprint density at radius 3 is 0.618 bits per heavy atom. The summed E-state index contributed by atoms with van der Waals surface area (Å²) in [6.07, 6.45) is 7.57. The molecule has 0 aromatic heterocycles. The summed E-state index contributed by atoms with van der Waals surface area (Å²) in [5.41, 5.74) is 0. The average molecular weight is 1380 g/mol. The molecule has 0 bridgehead atoms. The van der Waals surface area contributed by atoms with Gasteiger partial charge in [0.15, 0.2) is 0 Å². The number of ether oxygens (including phenoxy) is 19. The number of unbranched alkanes of at least 4 members (excludes halogenated alkanes) is 2. The van der Waals surface area contributed by atoms with Crippen molar-refractivity contribution in [2.75, 3.05) is 244 Å². The second-order valence-electron chi connectivity index (χ2n) is 16.1. The Bertz CT molecular complexity index is 1040. The Labute approximate surface area is 579 Å². The fourth-order valence-electron chi connectivity index (χ4n) is 4.69. The Kier molecular flexibility index (Phi) is 165. The van der Waals surface area contributed by atoms with Gasteiger partial charge in [-0.25, -0.2) is 0 Å². The smallest absolute Gasteiger partial charge is 0.0703 e. The van der Waals surface area contributed by atoms with E-state index in [0.717, 1.165) is 92.8 Å². The molecule has 1 atom stereocenters. The van der Waals surface area contributed by atoms with Crippen LogP contribution in [0.1, 0.15) is 146 Å². The topological polar surface area (TPSA) is 227 Å². The molecular formula is C63H142B3O22Y-. The van der Waals surface area contributed by atoms with Crippen molar-refractivity contribution in [2.24, 2.45) is 0 Å². The van der Waals surface area contributed by atoms with Crippen LogP contribution in [0.15, 0.2) is 0 Å². The van der Waals surface area contributed by atoms with E-state index >= 15 is 0 Å². The van der Waals surface area contributed by atoms with E-state index in [1.54, 1.807) is 6.92 Å². The zero-order chi connectivity index (χ0) is 70.4. The largest absolute Gasteiger partial charge is 0.411 e. The third-order valence-electron chi connectivity index (χ3n) is 8.34. The van der Waals surface area contributed by atoms with Crippen molar-refractivity contribution in [1.82, 2.24) is 0 Å². The van der Waals surface area contributed by atoms with Crippen LogP contribution in [0.2, 0.25) is 20.5 Å². The van der Waals surface area contributed by atoms with Crippen LogP contribution in [0.25, 0.3) is 0 Å². The van der Waals surface area contributed by atoms with Crippen molar-refractivity contribution in [1.29, 1.82) is 0 Å². The van der Waals surface area contributed by atoms with E-state index in [1.807, 2.05) is 41.5 Å². The molecule has 0 aromatic carbocycles. The van der Waals surface area contributed by atoms with Gasteiger partial charge in [0.1, 0.15) is 0 Å². The van der Waals surface area contributed by atoms with Gasteiger partial charge in [0.05, 0.1) is 218 Å². The zero-order valence-corrected chi connectivity index (χ0v) is 62.6.